The highest BCUT2D eigenvalue weighted by atomic mass is 19.4. The summed E-state index contributed by atoms with van der Waals surface area (Å²) in [7, 11) is 1.72. The predicted octanol–water partition coefficient (Wildman–Crippen LogP) is 4.56. The Morgan fingerprint density at radius 3 is 2.65 bits per heavy atom. The van der Waals surface area contributed by atoms with Crippen molar-refractivity contribution in [3.63, 3.8) is 0 Å². The second-order valence-corrected chi connectivity index (χ2v) is 9.07. The Bertz CT molecular complexity index is 1330. The molecule has 0 bridgehead atoms. The van der Waals surface area contributed by atoms with Crippen molar-refractivity contribution in [2.24, 2.45) is 17.8 Å². The van der Waals surface area contributed by atoms with Gasteiger partial charge < -0.3 is 10.6 Å². The molecule has 2 aromatic heterocycles. The number of halogens is 3. The summed E-state index contributed by atoms with van der Waals surface area (Å²) in [6.07, 6.45) is 3.30. The molecule has 1 aliphatic rings. The monoisotopic (exact) mass is 514 g/mol. The van der Waals surface area contributed by atoms with Crippen molar-refractivity contribution in [3.8, 4) is 0 Å². The van der Waals surface area contributed by atoms with Crippen molar-refractivity contribution in [2.45, 2.75) is 53.3 Å². The van der Waals surface area contributed by atoms with Crippen LogP contribution in [-0.2, 0) is 20.0 Å². The van der Waals surface area contributed by atoms with Gasteiger partial charge in [0.1, 0.15) is 12.4 Å². The number of hydrogen-bond donors (Lipinski definition) is 1. The molecule has 0 radical (unpaired) electrons. The molecule has 0 atom stereocenters. The number of aryl methyl sites for hydroxylation is 1. The molecule has 0 unspecified atom stereocenters. The van der Waals surface area contributed by atoms with Crippen LogP contribution in [0.1, 0.15) is 55.5 Å². The first-order chi connectivity index (χ1) is 17.4. The quantitative estimate of drug-likeness (QED) is 0.432. The lowest BCUT2D eigenvalue weighted by Gasteiger charge is -2.33. The summed E-state index contributed by atoms with van der Waals surface area (Å²) < 4.78 is 39.0. The first-order valence-electron chi connectivity index (χ1n) is 12.1. The van der Waals surface area contributed by atoms with Crippen molar-refractivity contribution in [1.82, 2.24) is 19.4 Å². The normalized spacial score (nSPS) is 15.7. The zero-order valence-corrected chi connectivity index (χ0v) is 21.9. The van der Waals surface area contributed by atoms with Gasteiger partial charge in [0.05, 0.1) is 0 Å². The summed E-state index contributed by atoms with van der Waals surface area (Å²) in [5.41, 5.74) is 12.1. The highest BCUT2D eigenvalue weighted by Gasteiger charge is 2.26. The summed E-state index contributed by atoms with van der Waals surface area (Å²) in [5, 5.41) is 0. The van der Waals surface area contributed by atoms with Crippen LogP contribution in [0.15, 0.2) is 51.7 Å². The summed E-state index contributed by atoms with van der Waals surface area (Å²) in [4.78, 5) is 27.2. The van der Waals surface area contributed by atoms with Crippen LogP contribution < -0.4 is 11.3 Å². The van der Waals surface area contributed by atoms with Crippen LogP contribution in [0.25, 0.3) is 11.1 Å². The molecule has 0 aromatic carbocycles. The fourth-order valence-electron chi connectivity index (χ4n) is 4.31. The molecule has 1 aliphatic heterocycles. The lowest BCUT2D eigenvalue weighted by Crippen LogP contribution is -2.31. The van der Waals surface area contributed by atoms with Crippen LogP contribution in [0, 0.1) is 6.92 Å². The number of allylic oxidation sites excluding steroid dienone is 4. The van der Waals surface area contributed by atoms with Crippen molar-refractivity contribution in [1.29, 1.82) is 0 Å². The molecular weight excluding hydrogens is 481 g/mol. The van der Waals surface area contributed by atoms with Crippen LogP contribution in [0.3, 0.4) is 0 Å². The Labute approximate surface area is 215 Å². The summed E-state index contributed by atoms with van der Waals surface area (Å²) in [6.45, 7) is 7.93. The van der Waals surface area contributed by atoms with Gasteiger partial charge in [-0.1, -0.05) is 13.0 Å². The standard InChI is InChI=1S/C27H33F3N6O/c1-6-7-24(18(3)19(4)26-34-17(2)10-25(37)35(26)5)36-9-8-23-21(15-36)11-20(14-33-23)22(12-31)13-32-16-27(28,29)30/h7,10-14H,6,8-9,15-16,31H2,1-5H3/b19-18-,22-12+,24-7-,32-13?. The number of nitrogens with two attached hydrogens (primary N) is 1. The maximum Gasteiger partial charge on any atom is 0.407 e. The Balaban J connectivity index is 1.94. The average Bonchev–Trinajstić information content (AvgIpc) is 2.85. The Hall–Kier alpha value is -3.69. The molecule has 198 valence electrons. The van der Waals surface area contributed by atoms with Gasteiger partial charge >= 0.3 is 6.18 Å². The first kappa shape index (κ1) is 27.9. The predicted molar refractivity (Wildman–Crippen MR) is 141 cm³/mol. The van der Waals surface area contributed by atoms with E-state index in [-0.39, 0.29) is 5.56 Å². The molecule has 3 rings (SSSR count). The van der Waals surface area contributed by atoms with Crippen molar-refractivity contribution < 1.29 is 13.2 Å². The molecule has 0 aliphatic carbocycles. The van der Waals surface area contributed by atoms with Crippen LogP contribution in [0.2, 0.25) is 0 Å². The smallest absolute Gasteiger partial charge is 0.404 e. The molecule has 7 nitrogen and oxygen atoms in total. The lowest BCUT2D eigenvalue weighted by atomic mass is 9.98. The summed E-state index contributed by atoms with van der Waals surface area (Å²) in [6, 6.07) is 3.42. The number of nitrogens with zero attached hydrogens (tertiary/aromatic N) is 5. The minimum atomic E-state index is -4.38. The Kier molecular flexibility index (Phi) is 8.73. The van der Waals surface area contributed by atoms with Gasteiger partial charge in [0.25, 0.3) is 5.56 Å². The SMILES string of the molecule is CC/C=C(/C(C)=C(/C)c1nc(C)cc(=O)n1C)N1CCc2ncc(/C(C=NCC(F)(F)F)=C/N)cc2C1. The third-order valence-corrected chi connectivity index (χ3v) is 6.34. The second kappa shape index (κ2) is 11.6. The van der Waals surface area contributed by atoms with Gasteiger partial charge in [-0.25, -0.2) is 4.98 Å². The van der Waals surface area contributed by atoms with Gasteiger partial charge in [0, 0.05) is 79.5 Å². The van der Waals surface area contributed by atoms with Gasteiger partial charge in [-0.15, -0.1) is 0 Å². The summed E-state index contributed by atoms with van der Waals surface area (Å²) >= 11 is 0. The molecule has 0 spiro atoms. The van der Waals surface area contributed by atoms with E-state index < -0.39 is 12.7 Å². The van der Waals surface area contributed by atoms with Crippen LogP contribution in [0.5, 0.6) is 0 Å². The van der Waals surface area contributed by atoms with E-state index in [1.54, 1.807) is 24.7 Å². The third kappa shape index (κ3) is 6.75. The van der Waals surface area contributed by atoms with Crippen molar-refractivity contribution >= 4 is 17.4 Å². The summed E-state index contributed by atoms with van der Waals surface area (Å²) in [5.74, 6) is 0.627. The van der Waals surface area contributed by atoms with E-state index in [4.69, 9.17) is 5.73 Å². The van der Waals surface area contributed by atoms with E-state index in [1.807, 2.05) is 19.9 Å². The number of aliphatic imine (C=N–C) groups is 1. The van der Waals surface area contributed by atoms with E-state index in [0.717, 1.165) is 47.3 Å². The van der Waals surface area contributed by atoms with Gasteiger partial charge in [0.15, 0.2) is 0 Å². The molecular formula is C27H33F3N6O. The third-order valence-electron chi connectivity index (χ3n) is 6.34. The van der Waals surface area contributed by atoms with Crippen LogP contribution >= 0.6 is 0 Å². The minimum Gasteiger partial charge on any atom is -0.404 e. The molecule has 0 saturated carbocycles. The molecule has 37 heavy (non-hydrogen) atoms. The van der Waals surface area contributed by atoms with Crippen LogP contribution in [0.4, 0.5) is 13.2 Å². The maximum absolute atomic E-state index is 12.5. The number of fused-ring (bicyclic) bond motifs is 1. The van der Waals surface area contributed by atoms with Crippen molar-refractivity contribution in [3.05, 3.63) is 80.6 Å². The molecule has 10 heteroatoms. The van der Waals surface area contributed by atoms with E-state index >= 15 is 0 Å². The molecule has 2 N–H and O–H groups in total. The lowest BCUT2D eigenvalue weighted by molar-refractivity contribution is -0.118. The number of rotatable bonds is 7. The number of pyridine rings is 1. The fraction of sp³-hybridized carbons (Fsp3) is 0.407. The largest absolute Gasteiger partial charge is 0.407 e. The van der Waals surface area contributed by atoms with E-state index in [9.17, 15) is 18.0 Å². The van der Waals surface area contributed by atoms with Gasteiger partial charge in [0.2, 0.25) is 0 Å². The molecule has 0 fully saturated rings. The molecule has 3 heterocycles. The van der Waals surface area contributed by atoms with Crippen molar-refractivity contribution in [2.75, 3.05) is 13.1 Å². The molecule has 0 saturated heterocycles. The highest BCUT2D eigenvalue weighted by Crippen LogP contribution is 2.30. The zero-order valence-electron chi connectivity index (χ0n) is 21.9. The van der Waals surface area contributed by atoms with Gasteiger partial charge in [-0.3, -0.25) is 19.3 Å². The van der Waals surface area contributed by atoms with E-state index in [1.165, 1.54) is 12.3 Å². The van der Waals surface area contributed by atoms with Crippen LogP contribution in [-0.4, -0.2) is 44.9 Å². The number of alkyl halides is 3. The van der Waals surface area contributed by atoms with E-state index in [2.05, 4.69) is 32.9 Å². The first-order valence-corrected chi connectivity index (χ1v) is 12.1. The number of aromatic nitrogens is 3. The Morgan fingerprint density at radius 2 is 2.00 bits per heavy atom. The molecule has 2 aromatic rings. The highest BCUT2D eigenvalue weighted by molar-refractivity contribution is 6.09. The van der Waals surface area contributed by atoms with Gasteiger partial charge in [-0.05, 0) is 50.0 Å². The van der Waals surface area contributed by atoms with E-state index in [0.29, 0.717) is 35.6 Å². The topological polar surface area (TPSA) is 89.4 Å². The number of hydrogen-bond acceptors (Lipinski definition) is 6. The Morgan fingerprint density at radius 1 is 1.27 bits per heavy atom. The maximum atomic E-state index is 12.5. The minimum absolute atomic E-state index is 0.108. The second-order valence-electron chi connectivity index (χ2n) is 9.07. The average molecular weight is 515 g/mol. The zero-order chi connectivity index (χ0) is 27.3. The molecule has 0 amide bonds. The fourth-order valence-corrected chi connectivity index (χ4v) is 4.31. The van der Waals surface area contributed by atoms with Gasteiger partial charge in [-0.2, -0.15) is 13.2 Å².